The van der Waals surface area contributed by atoms with E-state index in [0.29, 0.717) is 36.7 Å². The second-order valence-corrected chi connectivity index (χ2v) is 5.27. The zero-order valence-electron chi connectivity index (χ0n) is 12.1. The third-order valence-electron chi connectivity index (χ3n) is 3.55. The molecule has 0 radical (unpaired) electrons. The SMILES string of the molecule is CC[C@](C)(CC(=O)O)NC(=O)c1cccc2c1OCCO2. The van der Waals surface area contributed by atoms with Gasteiger partial charge in [0.15, 0.2) is 11.5 Å². The van der Waals surface area contributed by atoms with Crippen LogP contribution in [0.25, 0.3) is 0 Å². The molecule has 114 valence electrons. The van der Waals surface area contributed by atoms with E-state index in [2.05, 4.69) is 5.32 Å². The summed E-state index contributed by atoms with van der Waals surface area (Å²) in [6.45, 7) is 4.39. The maximum Gasteiger partial charge on any atom is 0.305 e. The fourth-order valence-corrected chi connectivity index (χ4v) is 2.19. The fraction of sp³-hybridized carbons (Fsp3) is 0.467. The van der Waals surface area contributed by atoms with E-state index in [-0.39, 0.29) is 12.3 Å². The molecule has 21 heavy (non-hydrogen) atoms. The van der Waals surface area contributed by atoms with Crippen molar-refractivity contribution < 1.29 is 24.2 Å². The molecule has 0 aliphatic carbocycles. The van der Waals surface area contributed by atoms with Crippen molar-refractivity contribution in [3.8, 4) is 11.5 Å². The summed E-state index contributed by atoms with van der Waals surface area (Å²) in [5.74, 6) is -0.363. The van der Waals surface area contributed by atoms with Crippen molar-refractivity contribution >= 4 is 11.9 Å². The minimum absolute atomic E-state index is 0.137. The highest BCUT2D eigenvalue weighted by Gasteiger charge is 2.30. The molecular weight excluding hydrogens is 274 g/mol. The number of hydrogen-bond acceptors (Lipinski definition) is 4. The average Bonchev–Trinajstić information content (AvgIpc) is 2.45. The van der Waals surface area contributed by atoms with Crippen molar-refractivity contribution in [1.29, 1.82) is 0 Å². The lowest BCUT2D eigenvalue weighted by molar-refractivity contribution is -0.138. The summed E-state index contributed by atoms with van der Waals surface area (Å²) in [5.41, 5.74) is -0.446. The van der Waals surface area contributed by atoms with Gasteiger partial charge in [0, 0.05) is 5.54 Å². The van der Waals surface area contributed by atoms with Gasteiger partial charge in [-0.2, -0.15) is 0 Å². The van der Waals surface area contributed by atoms with Crippen LogP contribution in [0.5, 0.6) is 11.5 Å². The Labute approximate surface area is 123 Å². The van der Waals surface area contributed by atoms with Gasteiger partial charge in [-0.25, -0.2) is 0 Å². The number of carbonyl (C=O) groups is 2. The lowest BCUT2D eigenvalue weighted by atomic mass is 9.94. The first kappa shape index (κ1) is 15.2. The Morgan fingerprint density at radius 3 is 2.71 bits per heavy atom. The predicted molar refractivity (Wildman–Crippen MR) is 75.8 cm³/mol. The number of nitrogens with one attached hydrogen (secondary N) is 1. The van der Waals surface area contributed by atoms with Crippen molar-refractivity contribution in [2.24, 2.45) is 0 Å². The van der Waals surface area contributed by atoms with Gasteiger partial charge < -0.3 is 19.9 Å². The molecule has 0 saturated heterocycles. The van der Waals surface area contributed by atoms with Crippen LogP contribution >= 0.6 is 0 Å². The molecule has 1 heterocycles. The lowest BCUT2D eigenvalue weighted by Gasteiger charge is -2.29. The van der Waals surface area contributed by atoms with E-state index >= 15 is 0 Å². The number of fused-ring (bicyclic) bond motifs is 1. The highest BCUT2D eigenvalue weighted by atomic mass is 16.6. The van der Waals surface area contributed by atoms with Gasteiger partial charge in [0.05, 0.1) is 12.0 Å². The van der Waals surface area contributed by atoms with Crippen LogP contribution in [0.1, 0.15) is 37.0 Å². The first-order chi connectivity index (χ1) is 9.95. The Morgan fingerprint density at radius 1 is 1.33 bits per heavy atom. The topological polar surface area (TPSA) is 84.9 Å². The van der Waals surface area contributed by atoms with Crippen molar-refractivity contribution in [3.63, 3.8) is 0 Å². The molecule has 0 unspecified atom stereocenters. The number of amides is 1. The number of ether oxygens (including phenoxy) is 2. The van der Waals surface area contributed by atoms with Gasteiger partial charge in [0.2, 0.25) is 0 Å². The molecule has 2 rings (SSSR count). The van der Waals surface area contributed by atoms with Crippen molar-refractivity contribution in [1.82, 2.24) is 5.32 Å². The zero-order valence-corrected chi connectivity index (χ0v) is 12.1. The minimum Gasteiger partial charge on any atom is -0.486 e. The Bertz CT molecular complexity index is 557. The molecule has 2 N–H and O–H groups in total. The Kier molecular flexibility index (Phi) is 4.35. The van der Waals surface area contributed by atoms with Crippen LogP contribution in [-0.4, -0.2) is 35.7 Å². The Balaban J connectivity index is 2.22. The lowest BCUT2D eigenvalue weighted by Crippen LogP contribution is -2.47. The summed E-state index contributed by atoms with van der Waals surface area (Å²) in [6.07, 6.45) is 0.374. The van der Waals surface area contributed by atoms with Gasteiger partial charge in [-0.3, -0.25) is 9.59 Å². The van der Waals surface area contributed by atoms with Crippen LogP contribution in [-0.2, 0) is 4.79 Å². The highest BCUT2D eigenvalue weighted by molar-refractivity contribution is 5.98. The van der Waals surface area contributed by atoms with E-state index in [9.17, 15) is 9.59 Å². The first-order valence-electron chi connectivity index (χ1n) is 6.88. The number of rotatable bonds is 5. The number of para-hydroxylation sites is 1. The number of hydrogen-bond donors (Lipinski definition) is 2. The zero-order chi connectivity index (χ0) is 15.5. The van der Waals surface area contributed by atoms with E-state index in [1.165, 1.54) is 0 Å². The summed E-state index contributed by atoms with van der Waals surface area (Å²) < 4.78 is 10.9. The smallest absolute Gasteiger partial charge is 0.305 e. The second kappa shape index (κ2) is 6.03. The molecule has 1 aliphatic rings. The third kappa shape index (κ3) is 3.45. The number of carboxylic acid groups (broad SMARTS) is 1. The van der Waals surface area contributed by atoms with Gasteiger partial charge in [0.1, 0.15) is 13.2 Å². The highest BCUT2D eigenvalue weighted by Crippen LogP contribution is 2.33. The van der Waals surface area contributed by atoms with Crippen LogP contribution in [0.15, 0.2) is 18.2 Å². The maximum absolute atomic E-state index is 12.4. The molecule has 0 bridgehead atoms. The summed E-state index contributed by atoms with van der Waals surface area (Å²) in [6, 6.07) is 5.09. The van der Waals surface area contributed by atoms with Crippen LogP contribution in [0, 0.1) is 0 Å². The third-order valence-corrected chi connectivity index (χ3v) is 3.55. The van der Waals surface area contributed by atoms with Crippen LogP contribution < -0.4 is 14.8 Å². The maximum atomic E-state index is 12.4. The number of aliphatic carboxylic acids is 1. The molecule has 0 aromatic heterocycles. The van der Waals surface area contributed by atoms with Gasteiger partial charge in [-0.05, 0) is 25.5 Å². The molecule has 1 amide bonds. The molecule has 1 atom stereocenters. The second-order valence-electron chi connectivity index (χ2n) is 5.27. The van der Waals surface area contributed by atoms with Gasteiger partial charge >= 0.3 is 5.97 Å². The number of benzene rings is 1. The summed E-state index contributed by atoms with van der Waals surface area (Å²) in [5, 5.41) is 11.7. The molecular formula is C15H19NO5. The Morgan fingerprint density at radius 2 is 2.05 bits per heavy atom. The molecule has 6 nitrogen and oxygen atoms in total. The first-order valence-corrected chi connectivity index (χ1v) is 6.88. The number of carbonyl (C=O) groups excluding carboxylic acids is 1. The molecule has 0 spiro atoms. The largest absolute Gasteiger partial charge is 0.486 e. The van der Waals surface area contributed by atoms with Crippen molar-refractivity contribution in [2.75, 3.05) is 13.2 Å². The fourth-order valence-electron chi connectivity index (χ4n) is 2.19. The molecule has 1 aliphatic heterocycles. The van der Waals surface area contributed by atoms with E-state index in [4.69, 9.17) is 14.6 Å². The normalized spacial score (nSPS) is 15.9. The van der Waals surface area contributed by atoms with Crippen molar-refractivity contribution in [3.05, 3.63) is 23.8 Å². The Hall–Kier alpha value is -2.24. The van der Waals surface area contributed by atoms with Crippen LogP contribution in [0.4, 0.5) is 0 Å². The van der Waals surface area contributed by atoms with E-state index < -0.39 is 11.5 Å². The van der Waals surface area contributed by atoms with Crippen LogP contribution in [0.3, 0.4) is 0 Å². The summed E-state index contributed by atoms with van der Waals surface area (Å²) in [7, 11) is 0. The molecule has 1 aromatic carbocycles. The van der Waals surface area contributed by atoms with Gasteiger partial charge in [-0.15, -0.1) is 0 Å². The summed E-state index contributed by atoms with van der Waals surface area (Å²) in [4.78, 5) is 23.4. The van der Waals surface area contributed by atoms with Gasteiger partial charge in [-0.1, -0.05) is 13.0 Å². The molecule has 0 fully saturated rings. The van der Waals surface area contributed by atoms with E-state index in [0.717, 1.165) is 0 Å². The van der Waals surface area contributed by atoms with Gasteiger partial charge in [0.25, 0.3) is 5.91 Å². The van der Waals surface area contributed by atoms with Crippen LogP contribution in [0.2, 0.25) is 0 Å². The summed E-state index contributed by atoms with van der Waals surface area (Å²) >= 11 is 0. The molecule has 6 heteroatoms. The monoisotopic (exact) mass is 293 g/mol. The number of carboxylic acids is 1. The average molecular weight is 293 g/mol. The quantitative estimate of drug-likeness (QED) is 0.865. The minimum atomic E-state index is -0.950. The molecule has 0 saturated carbocycles. The molecule has 1 aromatic rings. The van der Waals surface area contributed by atoms with E-state index in [1.807, 2.05) is 6.92 Å². The predicted octanol–water partition coefficient (Wildman–Crippen LogP) is 1.83. The van der Waals surface area contributed by atoms with E-state index in [1.54, 1.807) is 25.1 Å². The van der Waals surface area contributed by atoms with Crippen molar-refractivity contribution in [2.45, 2.75) is 32.2 Å². The standard InChI is InChI=1S/C15H19NO5/c1-3-15(2,9-12(17)18)16-14(19)10-5-4-6-11-13(10)21-8-7-20-11/h4-6H,3,7-9H2,1-2H3,(H,16,19)(H,17,18)/t15-/m1/s1.